The minimum atomic E-state index is -0.0568. The fourth-order valence-corrected chi connectivity index (χ4v) is 8.63. The first-order chi connectivity index (χ1) is 27.5. The van der Waals surface area contributed by atoms with Gasteiger partial charge < -0.3 is 13.7 Å². The second-order valence-corrected chi connectivity index (χ2v) is 15.2. The molecule has 11 rings (SSSR count). The Morgan fingerprint density at radius 2 is 1.04 bits per heavy atom. The van der Waals surface area contributed by atoms with E-state index in [2.05, 4.69) is 158 Å². The number of furan rings is 1. The Morgan fingerprint density at radius 1 is 0.411 bits per heavy atom. The number of oxazole rings is 1. The summed E-state index contributed by atoms with van der Waals surface area (Å²) in [5.41, 5.74) is 17.3. The summed E-state index contributed by atoms with van der Waals surface area (Å²) in [4.78, 5) is 7.13. The summed E-state index contributed by atoms with van der Waals surface area (Å²) in [6.07, 6.45) is 0. The number of nitrogens with zero attached hydrogens (tertiary/aromatic N) is 2. The Hall–Kier alpha value is -7.17. The zero-order chi connectivity index (χ0) is 37.4. The molecule has 0 spiro atoms. The van der Waals surface area contributed by atoms with Gasteiger partial charge >= 0.3 is 0 Å². The molecule has 10 aromatic rings. The van der Waals surface area contributed by atoms with Crippen LogP contribution in [-0.4, -0.2) is 4.98 Å². The third-order valence-electron chi connectivity index (χ3n) is 11.5. The lowest BCUT2D eigenvalue weighted by molar-refractivity contribution is 0.620. The van der Waals surface area contributed by atoms with Crippen molar-refractivity contribution in [2.75, 3.05) is 4.90 Å². The van der Waals surface area contributed by atoms with Gasteiger partial charge in [-0.25, -0.2) is 4.98 Å². The smallest absolute Gasteiger partial charge is 0.227 e. The van der Waals surface area contributed by atoms with Gasteiger partial charge in [-0.2, -0.15) is 0 Å². The summed E-state index contributed by atoms with van der Waals surface area (Å²) in [6, 6.07) is 64.6. The number of hydrogen-bond acceptors (Lipinski definition) is 4. The summed E-state index contributed by atoms with van der Waals surface area (Å²) in [7, 11) is 0. The lowest BCUT2D eigenvalue weighted by Gasteiger charge is -2.27. The van der Waals surface area contributed by atoms with Crippen LogP contribution in [0.4, 0.5) is 17.1 Å². The summed E-state index contributed by atoms with van der Waals surface area (Å²) >= 11 is 0. The SMILES string of the molecule is CC1(C)c2ccccc2-c2cc(N(c3ccc(-c4ccc5c(c4)oc4cc6nc(-c7ccccc7)oc6cc45)cc3)c3cccc(-c4ccccc4)c3)ccc21. The molecule has 1 aliphatic carbocycles. The molecule has 266 valence electrons. The van der Waals surface area contributed by atoms with Gasteiger partial charge in [-0.3, -0.25) is 0 Å². The lowest BCUT2D eigenvalue weighted by atomic mass is 9.82. The summed E-state index contributed by atoms with van der Waals surface area (Å²) in [5.74, 6) is 0.608. The van der Waals surface area contributed by atoms with E-state index in [-0.39, 0.29) is 5.41 Å². The van der Waals surface area contributed by atoms with Crippen LogP contribution in [0.2, 0.25) is 0 Å². The summed E-state index contributed by atoms with van der Waals surface area (Å²) < 4.78 is 12.6. The normalized spacial score (nSPS) is 13.0. The standard InChI is InChI=1S/C52H36N2O2/c1-52(2)45-19-10-9-18-41(45)43-30-40(25-27-46(43)52)54(39-17-11-16-36(28-39)33-12-5-3-6-13-33)38-23-20-34(21-24-38)37-22-26-42-44-31-50-47(32-49(44)55-48(42)29-37)53-51(56-50)35-14-7-4-8-15-35/h3-32H,1-2H3. The average molecular weight is 721 g/mol. The number of rotatable bonds is 6. The van der Waals surface area contributed by atoms with E-state index >= 15 is 0 Å². The molecule has 0 saturated heterocycles. The minimum absolute atomic E-state index is 0.0568. The maximum absolute atomic E-state index is 6.45. The van der Waals surface area contributed by atoms with Gasteiger partial charge in [0.15, 0.2) is 5.58 Å². The molecular formula is C52H36N2O2. The third-order valence-corrected chi connectivity index (χ3v) is 11.5. The molecule has 0 unspecified atom stereocenters. The molecule has 0 fully saturated rings. The van der Waals surface area contributed by atoms with Crippen molar-refractivity contribution in [2.45, 2.75) is 19.3 Å². The Labute approximate surface area is 324 Å². The molecule has 0 atom stereocenters. The molecule has 0 aliphatic heterocycles. The lowest BCUT2D eigenvalue weighted by Crippen LogP contribution is -2.15. The van der Waals surface area contributed by atoms with E-state index in [1.807, 2.05) is 42.5 Å². The quantitative estimate of drug-likeness (QED) is 0.171. The first-order valence-corrected chi connectivity index (χ1v) is 19.1. The van der Waals surface area contributed by atoms with E-state index in [1.165, 1.54) is 33.4 Å². The highest BCUT2D eigenvalue weighted by molar-refractivity contribution is 6.09. The zero-order valence-corrected chi connectivity index (χ0v) is 31.0. The molecule has 0 saturated carbocycles. The highest BCUT2D eigenvalue weighted by Gasteiger charge is 2.35. The van der Waals surface area contributed by atoms with Gasteiger partial charge in [-0.15, -0.1) is 0 Å². The van der Waals surface area contributed by atoms with Crippen LogP contribution >= 0.6 is 0 Å². The van der Waals surface area contributed by atoms with E-state index in [9.17, 15) is 0 Å². The van der Waals surface area contributed by atoms with Crippen LogP contribution in [0.15, 0.2) is 191 Å². The van der Waals surface area contributed by atoms with Gasteiger partial charge in [-0.1, -0.05) is 123 Å². The largest absolute Gasteiger partial charge is 0.456 e. The van der Waals surface area contributed by atoms with Crippen LogP contribution in [0, 0.1) is 0 Å². The Morgan fingerprint density at radius 3 is 1.86 bits per heavy atom. The Bertz CT molecular complexity index is 3100. The van der Waals surface area contributed by atoms with Crippen LogP contribution in [0.3, 0.4) is 0 Å². The first-order valence-electron chi connectivity index (χ1n) is 19.1. The van der Waals surface area contributed by atoms with Crippen LogP contribution in [-0.2, 0) is 5.41 Å². The van der Waals surface area contributed by atoms with Crippen molar-refractivity contribution in [3.8, 4) is 44.8 Å². The third kappa shape index (κ3) is 5.18. The molecule has 2 aromatic heterocycles. The number of anilines is 3. The Balaban J connectivity index is 0.979. The fourth-order valence-electron chi connectivity index (χ4n) is 8.63. The highest BCUT2D eigenvalue weighted by Crippen LogP contribution is 2.51. The number of hydrogen-bond donors (Lipinski definition) is 0. The topological polar surface area (TPSA) is 42.4 Å². The van der Waals surface area contributed by atoms with Gasteiger partial charge in [0.1, 0.15) is 16.7 Å². The van der Waals surface area contributed by atoms with Crippen molar-refractivity contribution in [2.24, 2.45) is 0 Å². The number of fused-ring (bicyclic) bond motifs is 7. The first kappa shape index (κ1) is 32.3. The molecule has 0 amide bonds. The molecule has 0 bridgehead atoms. The molecule has 0 radical (unpaired) electrons. The maximum atomic E-state index is 6.45. The molecule has 0 N–H and O–H groups in total. The fraction of sp³-hybridized carbons (Fsp3) is 0.0577. The van der Waals surface area contributed by atoms with Gasteiger partial charge in [-0.05, 0) is 111 Å². The second-order valence-electron chi connectivity index (χ2n) is 15.2. The number of aromatic nitrogens is 1. The predicted octanol–water partition coefficient (Wildman–Crippen LogP) is 14.5. The van der Waals surface area contributed by atoms with Gasteiger partial charge in [0.2, 0.25) is 5.89 Å². The average Bonchev–Trinajstić information content (AvgIpc) is 3.90. The van der Waals surface area contributed by atoms with E-state index in [0.717, 1.165) is 66.8 Å². The molecule has 1 aliphatic rings. The van der Waals surface area contributed by atoms with Crippen LogP contribution in [0.25, 0.3) is 77.9 Å². The molecule has 8 aromatic carbocycles. The molecular weight excluding hydrogens is 685 g/mol. The van der Waals surface area contributed by atoms with Crippen molar-refractivity contribution in [1.29, 1.82) is 0 Å². The van der Waals surface area contributed by atoms with Crippen molar-refractivity contribution >= 4 is 50.1 Å². The molecule has 4 heteroatoms. The highest BCUT2D eigenvalue weighted by atomic mass is 16.4. The number of benzene rings is 8. The van der Waals surface area contributed by atoms with Crippen molar-refractivity contribution in [3.05, 3.63) is 193 Å². The van der Waals surface area contributed by atoms with Gasteiger partial charge in [0.05, 0.1) is 0 Å². The van der Waals surface area contributed by atoms with E-state index in [0.29, 0.717) is 5.89 Å². The van der Waals surface area contributed by atoms with Crippen LogP contribution in [0.5, 0.6) is 0 Å². The van der Waals surface area contributed by atoms with Crippen molar-refractivity contribution in [3.63, 3.8) is 0 Å². The predicted molar refractivity (Wildman–Crippen MR) is 230 cm³/mol. The van der Waals surface area contributed by atoms with E-state index < -0.39 is 0 Å². The second kappa shape index (κ2) is 12.4. The summed E-state index contributed by atoms with van der Waals surface area (Å²) in [5, 5.41) is 2.06. The minimum Gasteiger partial charge on any atom is -0.456 e. The summed E-state index contributed by atoms with van der Waals surface area (Å²) in [6.45, 7) is 4.66. The molecule has 2 heterocycles. The van der Waals surface area contributed by atoms with Gasteiger partial charge in [0, 0.05) is 44.9 Å². The molecule has 4 nitrogen and oxygen atoms in total. The Kier molecular flexibility index (Phi) is 7.17. The van der Waals surface area contributed by atoms with Crippen LogP contribution in [0.1, 0.15) is 25.0 Å². The monoisotopic (exact) mass is 720 g/mol. The van der Waals surface area contributed by atoms with E-state index in [4.69, 9.17) is 13.8 Å². The van der Waals surface area contributed by atoms with E-state index in [1.54, 1.807) is 0 Å². The van der Waals surface area contributed by atoms with Gasteiger partial charge in [0.25, 0.3) is 0 Å². The van der Waals surface area contributed by atoms with Crippen LogP contribution < -0.4 is 4.90 Å². The maximum Gasteiger partial charge on any atom is 0.227 e. The van der Waals surface area contributed by atoms with Crippen molar-refractivity contribution in [1.82, 2.24) is 4.98 Å². The molecule has 56 heavy (non-hydrogen) atoms. The zero-order valence-electron chi connectivity index (χ0n) is 31.0. The van der Waals surface area contributed by atoms with Crippen molar-refractivity contribution < 1.29 is 8.83 Å².